The summed E-state index contributed by atoms with van der Waals surface area (Å²) in [6.45, 7) is 2.59. The molecule has 0 aromatic heterocycles. The Hall–Kier alpha value is -4.32. The molecule has 0 saturated heterocycles. The van der Waals surface area contributed by atoms with Crippen LogP contribution in [0.2, 0.25) is 0 Å². The van der Waals surface area contributed by atoms with E-state index >= 15 is 0 Å². The van der Waals surface area contributed by atoms with Crippen LogP contribution in [-0.4, -0.2) is 34.9 Å². The molecule has 0 spiro atoms. The smallest absolute Gasteiger partial charge is 0.0525 e. The molecule has 0 radical (unpaired) electrons. The van der Waals surface area contributed by atoms with Crippen LogP contribution in [0.15, 0.2) is 161 Å². The monoisotopic (exact) mass is 662 g/mol. The Labute approximate surface area is 291 Å². The van der Waals surface area contributed by atoms with Gasteiger partial charge in [-0.15, -0.1) is 23.5 Å². The van der Waals surface area contributed by atoms with Crippen LogP contribution in [0.5, 0.6) is 0 Å². The van der Waals surface area contributed by atoms with Gasteiger partial charge in [-0.1, -0.05) is 115 Å². The molecule has 7 aromatic rings. The SMILES string of the molecule is CC(c1ccccc1)(c1ccc(SCCO)c(-c2ccc3ccccc3c2)c1)c1ccc(SCCO)c(-c2ccc3ccccc3c2)c1. The molecular formula is C44H38O2S2. The summed E-state index contributed by atoms with van der Waals surface area (Å²) < 4.78 is 0. The van der Waals surface area contributed by atoms with Gasteiger partial charge in [0.25, 0.3) is 0 Å². The van der Waals surface area contributed by atoms with Gasteiger partial charge < -0.3 is 10.2 Å². The van der Waals surface area contributed by atoms with Gasteiger partial charge in [0.05, 0.1) is 13.2 Å². The molecule has 0 amide bonds. The minimum Gasteiger partial charge on any atom is -0.396 e. The maximum atomic E-state index is 9.73. The number of benzene rings is 7. The molecule has 0 atom stereocenters. The molecule has 0 aliphatic heterocycles. The first kappa shape index (κ1) is 32.2. The summed E-state index contributed by atoms with van der Waals surface area (Å²) in [7, 11) is 0. The Morgan fingerprint density at radius 3 is 1.33 bits per heavy atom. The van der Waals surface area contributed by atoms with Crippen molar-refractivity contribution in [1.29, 1.82) is 0 Å². The van der Waals surface area contributed by atoms with Crippen LogP contribution >= 0.6 is 23.5 Å². The van der Waals surface area contributed by atoms with Gasteiger partial charge in [0.15, 0.2) is 0 Å². The summed E-state index contributed by atoms with van der Waals surface area (Å²) in [5.41, 5.74) is 7.81. The van der Waals surface area contributed by atoms with Crippen LogP contribution in [0.3, 0.4) is 0 Å². The van der Waals surface area contributed by atoms with E-state index < -0.39 is 5.41 Å². The number of rotatable bonds is 11. The Morgan fingerprint density at radius 1 is 0.438 bits per heavy atom. The van der Waals surface area contributed by atoms with Gasteiger partial charge >= 0.3 is 0 Å². The van der Waals surface area contributed by atoms with Gasteiger partial charge in [0.2, 0.25) is 0 Å². The summed E-state index contributed by atoms with van der Waals surface area (Å²) in [5, 5.41) is 24.3. The fourth-order valence-corrected chi connectivity index (χ4v) is 8.30. The van der Waals surface area contributed by atoms with Crippen LogP contribution in [0.25, 0.3) is 43.8 Å². The number of fused-ring (bicyclic) bond motifs is 2. The first-order chi connectivity index (χ1) is 23.6. The minimum absolute atomic E-state index is 0.128. The molecule has 0 aliphatic rings. The van der Waals surface area contributed by atoms with Crippen molar-refractivity contribution in [2.75, 3.05) is 24.7 Å². The first-order valence-corrected chi connectivity index (χ1v) is 18.4. The second kappa shape index (κ2) is 14.4. The normalized spacial score (nSPS) is 11.7. The number of hydrogen-bond acceptors (Lipinski definition) is 4. The van der Waals surface area contributed by atoms with Crippen molar-refractivity contribution < 1.29 is 10.2 Å². The average Bonchev–Trinajstić information content (AvgIpc) is 3.15. The van der Waals surface area contributed by atoms with Crippen LogP contribution in [0, 0.1) is 0 Å². The van der Waals surface area contributed by atoms with E-state index in [1.807, 2.05) is 0 Å². The molecular weight excluding hydrogens is 625 g/mol. The zero-order valence-electron chi connectivity index (χ0n) is 27.0. The van der Waals surface area contributed by atoms with Crippen molar-refractivity contribution in [2.24, 2.45) is 0 Å². The zero-order valence-corrected chi connectivity index (χ0v) is 28.6. The highest BCUT2D eigenvalue weighted by molar-refractivity contribution is 7.99. The fourth-order valence-electron chi connectivity index (χ4n) is 6.68. The highest BCUT2D eigenvalue weighted by Crippen LogP contribution is 2.45. The number of hydrogen-bond donors (Lipinski definition) is 2. The van der Waals surface area contributed by atoms with E-state index in [1.54, 1.807) is 23.5 Å². The lowest BCUT2D eigenvalue weighted by molar-refractivity contribution is 0.322. The fraction of sp³-hybridized carbons (Fsp3) is 0.136. The molecule has 7 aromatic carbocycles. The zero-order chi connectivity index (χ0) is 32.9. The highest BCUT2D eigenvalue weighted by Gasteiger charge is 2.33. The van der Waals surface area contributed by atoms with Gasteiger partial charge in [-0.25, -0.2) is 0 Å². The van der Waals surface area contributed by atoms with Gasteiger partial charge in [0.1, 0.15) is 0 Å². The molecule has 0 fully saturated rings. The molecule has 0 aliphatic carbocycles. The molecule has 0 unspecified atom stereocenters. The lowest BCUT2D eigenvalue weighted by Crippen LogP contribution is -2.25. The third-order valence-electron chi connectivity index (χ3n) is 9.28. The van der Waals surface area contributed by atoms with Crippen molar-refractivity contribution >= 4 is 45.1 Å². The second-order valence-corrected chi connectivity index (χ2v) is 14.5. The van der Waals surface area contributed by atoms with Crippen LogP contribution < -0.4 is 0 Å². The second-order valence-electron chi connectivity index (χ2n) is 12.2. The van der Waals surface area contributed by atoms with Crippen LogP contribution in [0.4, 0.5) is 0 Å². The highest BCUT2D eigenvalue weighted by atomic mass is 32.2. The quantitative estimate of drug-likeness (QED) is 0.107. The van der Waals surface area contributed by atoms with E-state index in [9.17, 15) is 10.2 Å². The maximum Gasteiger partial charge on any atom is 0.0525 e. The maximum absolute atomic E-state index is 9.73. The molecule has 7 rings (SSSR count). The van der Waals surface area contributed by atoms with E-state index in [0.29, 0.717) is 11.5 Å². The van der Waals surface area contributed by atoms with E-state index in [1.165, 1.54) is 60.5 Å². The molecule has 2 N–H and O–H groups in total. The standard InChI is InChI=1S/C44H38O2S2/c1-44(37-13-3-2-4-14-37,38-19-21-42(47-25-23-45)40(29-38)35-17-15-31-9-5-7-11-33(31)27-35)39-20-22-43(48-26-24-46)41(30-39)36-18-16-32-10-6-8-12-34(32)28-36/h2-22,27-30,45-46H,23-26H2,1H3. The minimum atomic E-state index is -0.473. The predicted molar refractivity (Wildman–Crippen MR) is 206 cm³/mol. The van der Waals surface area contributed by atoms with Gasteiger partial charge in [-0.05, 0) is 104 Å². The Balaban J connectivity index is 1.43. The number of thioether (sulfide) groups is 2. The lowest BCUT2D eigenvalue weighted by Gasteiger charge is -2.33. The molecule has 48 heavy (non-hydrogen) atoms. The molecule has 0 heterocycles. The number of aliphatic hydroxyl groups is 2. The van der Waals surface area contributed by atoms with Crippen molar-refractivity contribution in [2.45, 2.75) is 22.1 Å². The first-order valence-electron chi connectivity index (χ1n) is 16.4. The van der Waals surface area contributed by atoms with E-state index in [2.05, 4.69) is 159 Å². The Kier molecular flexibility index (Phi) is 9.69. The largest absolute Gasteiger partial charge is 0.396 e. The van der Waals surface area contributed by atoms with Crippen molar-refractivity contribution in [3.05, 3.63) is 168 Å². The molecule has 4 heteroatoms. The van der Waals surface area contributed by atoms with Crippen LogP contribution in [-0.2, 0) is 5.41 Å². The summed E-state index contributed by atoms with van der Waals surface area (Å²) in [6, 6.07) is 54.9. The van der Waals surface area contributed by atoms with E-state index in [-0.39, 0.29) is 13.2 Å². The lowest BCUT2D eigenvalue weighted by atomic mass is 9.70. The van der Waals surface area contributed by atoms with Gasteiger partial charge in [-0.3, -0.25) is 0 Å². The summed E-state index contributed by atoms with van der Waals surface area (Å²) >= 11 is 3.39. The van der Waals surface area contributed by atoms with Crippen LogP contribution in [0.1, 0.15) is 23.6 Å². The summed E-state index contributed by atoms with van der Waals surface area (Å²) in [6.07, 6.45) is 0. The Bertz CT molecular complexity index is 2060. The summed E-state index contributed by atoms with van der Waals surface area (Å²) in [5.74, 6) is 1.27. The number of aliphatic hydroxyl groups excluding tert-OH is 2. The molecule has 0 saturated carbocycles. The van der Waals surface area contributed by atoms with Gasteiger partial charge in [0, 0.05) is 26.7 Å². The van der Waals surface area contributed by atoms with E-state index in [0.717, 1.165) is 9.79 Å². The third-order valence-corrected chi connectivity index (χ3v) is 11.4. The van der Waals surface area contributed by atoms with E-state index in [4.69, 9.17) is 0 Å². The van der Waals surface area contributed by atoms with Crippen molar-refractivity contribution in [1.82, 2.24) is 0 Å². The summed E-state index contributed by atoms with van der Waals surface area (Å²) in [4.78, 5) is 2.32. The molecule has 2 nitrogen and oxygen atoms in total. The molecule has 238 valence electrons. The van der Waals surface area contributed by atoms with Crippen molar-refractivity contribution in [3.63, 3.8) is 0 Å². The third kappa shape index (κ3) is 6.42. The predicted octanol–water partition coefficient (Wildman–Crippen LogP) is 10.9. The Morgan fingerprint density at radius 2 is 0.875 bits per heavy atom. The topological polar surface area (TPSA) is 40.5 Å². The average molecular weight is 663 g/mol. The molecule has 0 bridgehead atoms. The van der Waals surface area contributed by atoms with Crippen molar-refractivity contribution in [3.8, 4) is 22.3 Å². The van der Waals surface area contributed by atoms with Gasteiger partial charge in [-0.2, -0.15) is 0 Å².